The Labute approximate surface area is 126 Å². The molecule has 4 nitrogen and oxygen atoms in total. The van der Waals surface area contributed by atoms with Gasteiger partial charge in [0.05, 0.1) is 10.9 Å². The summed E-state index contributed by atoms with van der Waals surface area (Å²) in [5.74, 6) is 0.0792. The maximum absolute atomic E-state index is 13.8. The van der Waals surface area contributed by atoms with E-state index in [0.29, 0.717) is 23.7 Å². The van der Waals surface area contributed by atoms with Gasteiger partial charge in [-0.3, -0.25) is 4.79 Å². The molecule has 110 valence electrons. The van der Waals surface area contributed by atoms with Crippen molar-refractivity contribution in [2.24, 2.45) is 0 Å². The second-order valence-corrected chi connectivity index (χ2v) is 5.61. The number of Topliss-reactive ketones (excluding diaryl/α,β-unsaturated/α-hetero) is 1. The third-order valence-corrected chi connectivity index (χ3v) is 4.01. The van der Waals surface area contributed by atoms with Crippen LogP contribution in [0.1, 0.15) is 48.9 Å². The second-order valence-electron chi connectivity index (χ2n) is 5.20. The Morgan fingerprint density at radius 1 is 1.38 bits per heavy atom. The van der Waals surface area contributed by atoms with E-state index in [0.717, 1.165) is 19.3 Å². The molecule has 2 aromatic rings. The Balaban J connectivity index is 1.79. The second kappa shape index (κ2) is 5.93. The van der Waals surface area contributed by atoms with Crippen molar-refractivity contribution < 1.29 is 13.7 Å². The summed E-state index contributed by atoms with van der Waals surface area (Å²) in [7, 11) is 0. The fourth-order valence-corrected chi connectivity index (χ4v) is 2.77. The molecular formula is C15H14ClFN2O2. The van der Waals surface area contributed by atoms with Gasteiger partial charge in [0.1, 0.15) is 11.6 Å². The summed E-state index contributed by atoms with van der Waals surface area (Å²) in [6, 6.07) is 4.79. The van der Waals surface area contributed by atoms with Gasteiger partial charge in [-0.2, -0.15) is 4.98 Å². The van der Waals surface area contributed by atoms with Gasteiger partial charge >= 0.3 is 0 Å². The summed E-state index contributed by atoms with van der Waals surface area (Å²) in [5, 5.41) is 3.91. The zero-order valence-electron chi connectivity index (χ0n) is 11.3. The monoisotopic (exact) mass is 308 g/mol. The van der Waals surface area contributed by atoms with E-state index in [1.807, 2.05) is 0 Å². The number of rotatable bonds is 3. The van der Waals surface area contributed by atoms with Gasteiger partial charge in [0.2, 0.25) is 5.89 Å². The van der Waals surface area contributed by atoms with Gasteiger partial charge in [-0.25, -0.2) is 4.39 Å². The Hall–Kier alpha value is -1.75. The molecule has 21 heavy (non-hydrogen) atoms. The van der Waals surface area contributed by atoms with Crippen LogP contribution in [0.25, 0.3) is 0 Å². The minimum Gasteiger partial charge on any atom is -0.339 e. The highest BCUT2D eigenvalue weighted by Gasteiger charge is 2.29. The maximum atomic E-state index is 13.8. The lowest BCUT2D eigenvalue weighted by molar-refractivity contribution is -0.122. The summed E-state index contributed by atoms with van der Waals surface area (Å²) >= 11 is 5.74. The number of carbonyl (C=O) groups is 1. The number of benzene rings is 1. The van der Waals surface area contributed by atoms with Crippen molar-refractivity contribution in [2.75, 3.05) is 0 Å². The van der Waals surface area contributed by atoms with Gasteiger partial charge in [0, 0.05) is 12.8 Å². The normalized spacial score (nSPS) is 19.0. The topological polar surface area (TPSA) is 56.0 Å². The van der Waals surface area contributed by atoms with Crippen LogP contribution in [0.2, 0.25) is 5.02 Å². The molecule has 1 fully saturated rings. The molecule has 1 aromatic carbocycles. The van der Waals surface area contributed by atoms with Crippen LogP contribution in [0.5, 0.6) is 0 Å². The number of hydrogen-bond acceptors (Lipinski definition) is 4. The average molecular weight is 309 g/mol. The van der Waals surface area contributed by atoms with E-state index in [4.69, 9.17) is 16.1 Å². The highest BCUT2D eigenvalue weighted by molar-refractivity contribution is 6.30. The van der Waals surface area contributed by atoms with E-state index in [2.05, 4.69) is 10.1 Å². The Morgan fingerprint density at radius 3 is 3.05 bits per heavy atom. The highest BCUT2D eigenvalue weighted by Crippen LogP contribution is 2.29. The lowest BCUT2D eigenvalue weighted by Gasteiger charge is -2.16. The first-order valence-corrected chi connectivity index (χ1v) is 7.31. The molecule has 6 heteroatoms. The minimum absolute atomic E-state index is 0.0682. The molecule has 1 atom stereocenters. The van der Waals surface area contributed by atoms with Crippen molar-refractivity contribution in [1.29, 1.82) is 0 Å². The molecule has 1 saturated carbocycles. The molecule has 0 radical (unpaired) electrons. The quantitative estimate of drug-likeness (QED) is 0.868. The lowest BCUT2D eigenvalue weighted by atomic mass is 9.88. The number of aromatic nitrogens is 2. The fraction of sp³-hybridized carbons (Fsp3) is 0.400. The van der Waals surface area contributed by atoms with E-state index >= 15 is 0 Å². The minimum atomic E-state index is -0.473. The van der Waals surface area contributed by atoms with Crippen LogP contribution in [0, 0.1) is 5.82 Å². The fourth-order valence-electron chi connectivity index (χ4n) is 2.58. The summed E-state index contributed by atoms with van der Waals surface area (Å²) in [5.41, 5.74) is 0.407. The first kappa shape index (κ1) is 14.2. The maximum Gasteiger partial charge on any atom is 0.237 e. The Bertz CT molecular complexity index is 671. The Morgan fingerprint density at radius 2 is 2.24 bits per heavy atom. The standard InChI is InChI=1S/C15H14ClFN2O2/c16-11-6-3-4-9(14(11)17)8-13-18-15(21-19-13)10-5-1-2-7-12(10)20/h3-4,6,10H,1-2,5,7-8H2. The first-order valence-electron chi connectivity index (χ1n) is 6.93. The van der Waals surface area contributed by atoms with Gasteiger partial charge in [-0.05, 0) is 24.5 Å². The van der Waals surface area contributed by atoms with Crippen molar-refractivity contribution in [3.05, 3.63) is 46.3 Å². The molecule has 0 bridgehead atoms. The summed E-state index contributed by atoms with van der Waals surface area (Å²) in [6.07, 6.45) is 3.40. The molecule has 1 unspecified atom stereocenters. The predicted molar refractivity (Wildman–Crippen MR) is 74.7 cm³/mol. The average Bonchev–Trinajstić information content (AvgIpc) is 2.93. The van der Waals surface area contributed by atoms with Gasteiger partial charge in [0.15, 0.2) is 5.82 Å². The third kappa shape index (κ3) is 2.97. The van der Waals surface area contributed by atoms with Gasteiger partial charge in [-0.1, -0.05) is 35.3 Å². The van der Waals surface area contributed by atoms with Crippen molar-refractivity contribution in [2.45, 2.75) is 38.0 Å². The third-order valence-electron chi connectivity index (χ3n) is 3.72. The van der Waals surface area contributed by atoms with Crippen LogP contribution in [0.4, 0.5) is 4.39 Å². The van der Waals surface area contributed by atoms with Crippen molar-refractivity contribution >= 4 is 17.4 Å². The molecule has 1 aliphatic rings. The smallest absolute Gasteiger partial charge is 0.237 e. The number of halogens is 2. The zero-order chi connectivity index (χ0) is 14.8. The lowest BCUT2D eigenvalue weighted by Crippen LogP contribution is -2.17. The van der Waals surface area contributed by atoms with Crippen molar-refractivity contribution in [1.82, 2.24) is 10.1 Å². The number of ketones is 1. The molecule has 0 aliphatic heterocycles. The molecule has 0 amide bonds. The van der Waals surface area contributed by atoms with Crippen LogP contribution in [0.15, 0.2) is 22.7 Å². The predicted octanol–water partition coefficient (Wildman–Crippen LogP) is 3.68. The first-order chi connectivity index (χ1) is 10.1. The van der Waals surface area contributed by atoms with E-state index in [9.17, 15) is 9.18 Å². The van der Waals surface area contributed by atoms with E-state index in [1.54, 1.807) is 12.1 Å². The van der Waals surface area contributed by atoms with Gasteiger partial charge in [0.25, 0.3) is 0 Å². The van der Waals surface area contributed by atoms with E-state index in [-0.39, 0.29) is 23.1 Å². The van der Waals surface area contributed by atoms with Crippen LogP contribution in [0.3, 0.4) is 0 Å². The van der Waals surface area contributed by atoms with Crippen LogP contribution in [-0.2, 0) is 11.2 Å². The van der Waals surface area contributed by atoms with Crippen molar-refractivity contribution in [3.63, 3.8) is 0 Å². The SMILES string of the molecule is O=C1CCCCC1c1nc(Cc2cccc(Cl)c2F)no1. The molecule has 0 spiro atoms. The van der Waals surface area contributed by atoms with E-state index < -0.39 is 5.82 Å². The molecule has 1 aliphatic carbocycles. The summed E-state index contributed by atoms with van der Waals surface area (Å²) < 4.78 is 19.0. The van der Waals surface area contributed by atoms with Crippen LogP contribution >= 0.6 is 11.6 Å². The highest BCUT2D eigenvalue weighted by atomic mass is 35.5. The largest absolute Gasteiger partial charge is 0.339 e. The zero-order valence-corrected chi connectivity index (χ0v) is 12.1. The molecule has 1 heterocycles. The summed E-state index contributed by atoms with van der Waals surface area (Å²) in [4.78, 5) is 16.1. The van der Waals surface area contributed by atoms with Gasteiger partial charge in [-0.15, -0.1) is 0 Å². The summed E-state index contributed by atoms with van der Waals surface area (Å²) in [6.45, 7) is 0. The van der Waals surface area contributed by atoms with Crippen LogP contribution in [-0.4, -0.2) is 15.9 Å². The molecule has 0 saturated heterocycles. The van der Waals surface area contributed by atoms with Gasteiger partial charge < -0.3 is 4.52 Å². The molecule has 1 aromatic heterocycles. The molecule has 3 rings (SSSR count). The Kier molecular flexibility index (Phi) is 4.01. The van der Waals surface area contributed by atoms with Crippen LogP contribution < -0.4 is 0 Å². The number of hydrogen-bond donors (Lipinski definition) is 0. The molecule has 0 N–H and O–H groups in total. The van der Waals surface area contributed by atoms with Crippen molar-refractivity contribution in [3.8, 4) is 0 Å². The molecular weight excluding hydrogens is 295 g/mol. The van der Waals surface area contributed by atoms with E-state index in [1.165, 1.54) is 6.07 Å². The number of carbonyl (C=O) groups excluding carboxylic acids is 1. The number of nitrogens with zero attached hydrogens (tertiary/aromatic N) is 2.